The molecule has 0 saturated carbocycles. The summed E-state index contributed by atoms with van der Waals surface area (Å²) in [6.07, 6.45) is 0.863. The molecule has 0 spiro atoms. The van der Waals surface area contributed by atoms with E-state index in [1.165, 1.54) is 0 Å². The Bertz CT molecular complexity index is 535. The quantitative estimate of drug-likeness (QED) is 0.736. The van der Waals surface area contributed by atoms with Gasteiger partial charge in [0.1, 0.15) is 0 Å². The summed E-state index contributed by atoms with van der Waals surface area (Å²) in [7, 11) is 0. The lowest BCUT2D eigenvalue weighted by Crippen LogP contribution is -2.56. The Labute approximate surface area is 144 Å². The zero-order chi connectivity index (χ0) is 17.6. The first-order chi connectivity index (χ1) is 11.4. The molecule has 1 aliphatic rings. The van der Waals surface area contributed by atoms with E-state index in [2.05, 4.69) is 40.5 Å². The smallest absolute Gasteiger partial charge is 0.314 e. The van der Waals surface area contributed by atoms with Gasteiger partial charge in [0.2, 0.25) is 0 Å². The summed E-state index contributed by atoms with van der Waals surface area (Å²) in [6.45, 7) is 13.8. The van der Waals surface area contributed by atoms with Gasteiger partial charge in [0.15, 0.2) is 0 Å². The number of aromatic nitrogens is 2. The minimum atomic E-state index is -0.107. The number of nitrogens with one attached hydrogen (secondary N) is 2. The van der Waals surface area contributed by atoms with Crippen molar-refractivity contribution in [1.82, 2.24) is 25.3 Å². The second kappa shape index (κ2) is 8.48. The molecular formula is C17H31N5O2. The molecule has 1 fully saturated rings. The van der Waals surface area contributed by atoms with E-state index in [1.54, 1.807) is 0 Å². The zero-order valence-corrected chi connectivity index (χ0v) is 15.4. The van der Waals surface area contributed by atoms with E-state index in [-0.39, 0.29) is 11.6 Å². The highest BCUT2D eigenvalue weighted by atomic mass is 16.5. The molecule has 2 amide bonds. The zero-order valence-electron chi connectivity index (χ0n) is 15.4. The first kappa shape index (κ1) is 18.7. The van der Waals surface area contributed by atoms with E-state index in [0.717, 1.165) is 50.7 Å². The van der Waals surface area contributed by atoms with Gasteiger partial charge in [0, 0.05) is 44.0 Å². The first-order valence-electron chi connectivity index (χ1n) is 8.74. The van der Waals surface area contributed by atoms with Crippen LogP contribution in [-0.2, 0) is 11.3 Å². The van der Waals surface area contributed by atoms with Crippen LogP contribution in [0, 0.1) is 13.8 Å². The summed E-state index contributed by atoms with van der Waals surface area (Å²) in [5.74, 6) is 0. The largest absolute Gasteiger partial charge is 0.379 e. The number of ether oxygens (including phenoxy) is 1. The average molecular weight is 337 g/mol. The van der Waals surface area contributed by atoms with Crippen LogP contribution in [0.4, 0.5) is 4.79 Å². The van der Waals surface area contributed by atoms with Gasteiger partial charge in [-0.1, -0.05) is 0 Å². The fourth-order valence-corrected chi connectivity index (χ4v) is 2.97. The number of amides is 2. The normalized spacial score (nSPS) is 16.2. The molecule has 1 aliphatic heterocycles. The van der Waals surface area contributed by atoms with Gasteiger partial charge in [-0.15, -0.1) is 0 Å². The van der Waals surface area contributed by atoms with E-state index in [4.69, 9.17) is 4.74 Å². The predicted molar refractivity (Wildman–Crippen MR) is 94.2 cm³/mol. The van der Waals surface area contributed by atoms with Gasteiger partial charge < -0.3 is 15.4 Å². The SMILES string of the molecule is Cc1cc(C)n(CCCNC(=O)NCC(C)(C)N2CCOCC2)n1. The van der Waals surface area contributed by atoms with Crippen LogP contribution in [0.3, 0.4) is 0 Å². The molecule has 2 heterocycles. The van der Waals surface area contributed by atoms with Crippen LogP contribution in [0.5, 0.6) is 0 Å². The minimum absolute atomic E-state index is 0.0647. The summed E-state index contributed by atoms with van der Waals surface area (Å²) in [6, 6.07) is 1.96. The van der Waals surface area contributed by atoms with Crippen molar-refractivity contribution in [2.45, 2.75) is 46.2 Å². The van der Waals surface area contributed by atoms with Crippen LogP contribution in [0.25, 0.3) is 0 Å². The number of hydrogen-bond acceptors (Lipinski definition) is 4. The minimum Gasteiger partial charge on any atom is -0.379 e. The maximum atomic E-state index is 12.0. The highest BCUT2D eigenvalue weighted by molar-refractivity contribution is 5.73. The average Bonchev–Trinajstić information content (AvgIpc) is 2.88. The van der Waals surface area contributed by atoms with Crippen LogP contribution in [-0.4, -0.2) is 65.6 Å². The lowest BCUT2D eigenvalue weighted by Gasteiger charge is -2.40. The fraction of sp³-hybridized carbons (Fsp3) is 0.765. The highest BCUT2D eigenvalue weighted by Gasteiger charge is 2.28. The Balaban J connectivity index is 1.63. The number of aryl methyl sites for hydroxylation is 3. The van der Waals surface area contributed by atoms with Gasteiger partial charge in [-0.25, -0.2) is 4.79 Å². The molecule has 1 saturated heterocycles. The maximum absolute atomic E-state index is 12.0. The number of hydrogen-bond donors (Lipinski definition) is 2. The van der Waals surface area contributed by atoms with E-state index in [9.17, 15) is 4.79 Å². The lowest BCUT2D eigenvalue weighted by atomic mass is 10.0. The molecule has 7 heteroatoms. The number of rotatable bonds is 7. The molecule has 0 atom stereocenters. The highest BCUT2D eigenvalue weighted by Crippen LogP contribution is 2.14. The monoisotopic (exact) mass is 337 g/mol. The van der Waals surface area contributed by atoms with Crippen molar-refractivity contribution < 1.29 is 9.53 Å². The topological polar surface area (TPSA) is 71.4 Å². The van der Waals surface area contributed by atoms with Gasteiger partial charge in [-0.3, -0.25) is 9.58 Å². The van der Waals surface area contributed by atoms with Gasteiger partial charge in [0.05, 0.1) is 18.9 Å². The van der Waals surface area contributed by atoms with E-state index in [1.807, 2.05) is 18.5 Å². The third kappa shape index (κ3) is 5.49. The molecule has 7 nitrogen and oxygen atoms in total. The Kier molecular flexibility index (Phi) is 6.62. The van der Waals surface area contributed by atoms with Crippen LogP contribution >= 0.6 is 0 Å². The van der Waals surface area contributed by atoms with Crippen molar-refractivity contribution in [3.63, 3.8) is 0 Å². The van der Waals surface area contributed by atoms with Crippen molar-refractivity contribution in [3.05, 3.63) is 17.5 Å². The number of carbonyl (C=O) groups excluding carboxylic acids is 1. The Morgan fingerprint density at radius 2 is 2.00 bits per heavy atom. The summed E-state index contributed by atoms with van der Waals surface area (Å²) in [5, 5.41) is 10.3. The summed E-state index contributed by atoms with van der Waals surface area (Å²) in [4.78, 5) is 14.3. The molecule has 0 aromatic carbocycles. The summed E-state index contributed by atoms with van der Waals surface area (Å²) >= 11 is 0. The molecule has 0 unspecified atom stereocenters. The molecule has 1 aromatic rings. The van der Waals surface area contributed by atoms with Gasteiger partial charge in [-0.05, 0) is 40.2 Å². The molecule has 1 aromatic heterocycles. The van der Waals surface area contributed by atoms with E-state index < -0.39 is 0 Å². The third-order valence-corrected chi connectivity index (χ3v) is 4.48. The third-order valence-electron chi connectivity index (χ3n) is 4.48. The molecule has 2 N–H and O–H groups in total. The second-order valence-electron chi connectivity index (χ2n) is 7.03. The van der Waals surface area contributed by atoms with Crippen molar-refractivity contribution >= 4 is 6.03 Å². The first-order valence-corrected chi connectivity index (χ1v) is 8.74. The second-order valence-corrected chi connectivity index (χ2v) is 7.03. The maximum Gasteiger partial charge on any atom is 0.314 e. The molecular weight excluding hydrogens is 306 g/mol. The summed E-state index contributed by atoms with van der Waals surface area (Å²) < 4.78 is 7.37. The number of carbonyl (C=O) groups is 1. The van der Waals surface area contributed by atoms with Crippen molar-refractivity contribution in [2.75, 3.05) is 39.4 Å². The van der Waals surface area contributed by atoms with Crippen molar-refractivity contribution in [2.24, 2.45) is 0 Å². The number of urea groups is 1. The van der Waals surface area contributed by atoms with Gasteiger partial charge >= 0.3 is 6.03 Å². The van der Waals surface area contributed by atoms with E-state index >= 15 is 0 Å². The Morgan fingerprint density at radius 3 is 2.62 bits per heavy atom. The van der Waals surface area contributed by atoms with Crippen LogP contribution < -0.4 is 10.6 Å². The number of nitrogens with zero attached hydrogens (tertiary/aromatic N) is 3. The molecule has 0 bridgehead atoms. The van der Waals surface area contributed by atoms with Crippen LogP contribution in [0.1, 0.15) is 31.7 Å². The lowest BCUT2D eigenvalue weighted by molar-refractivity contribution is -0.00874. The molecule has 0 aliphatic carbocycles. The predicted octanol–water partition coefficient (Wildman–Crippen LogP) is 1.30. The van der Waals surface area contributed by atoms with Crippen molar-refractivity contribution in [1.29, 1.82) is 0 Å². The van der Waals surface area contributed by atoms with Crippen LogP contribution in [0.2, 0.25) is 0 Å². The molecule has 0 radical (unpaired) electrons. The molecule has 24 heavy (non-hydrogen) atoms. The number of morpholine rings is 1. The Hall–Kier alpha value is -1.60. The van der Waals surface area contributed by atoms with Gasteiger partial charge in [-0.2, -0.15) is 5.10 Å². The molecule has 136 valence electrons. The van der Waals surface area contributed by atoms with Crippen molar-refractivity contribution in [3.8, 4) is 0 Å². The Morgan fingerprint density at radius 1 is 1.29 bits per heavy atom. The summed E-state index contributed by atoms with van der Waals surface area (Å²) in [5.41, 5.74) is 2.12. The van der Waals surface area contributed by atoms with Gasteiger partial charge in [0.25, 0.3) is 0 Å². The van der Waals surface area contributed by atoms with Crippen LogP contribution in [0.15, 0.2) is 6.07 Å². The molecule has 2 rings (SSSR count). The fourth-order valence-electron chi connectivity index (χ4n) is 2.97. The standard InChI is InChI=1S/C17H31N5O2/c1-14-12-15(2)22(20-14)7-5-6-18-16(23)19-13-17(3,4)21-8-10-24-11-9-21/h12H,5-11,13H2,1-4H3,(H2,18,19,23). The van der Waals surface area contributed by atoms with E-state index in [0.29, 0.717) is 13.1 Å².